The van der Waals surface area contributed by atoms with Gasteiger partial charge in [0.15, 0.2) is 0 Å². The van der Waals surface area contributed by atoms with Gasteiger partial charge in [-0.3, -0.25) is 10.2 Å². The van der Waals surface area contributed by atoms with Gasteiger partial charge >= 0.3 is 6.09 Å². The molecule has 0 aromatic heterocycles. The highest BCUT2D eigenvalue weighted by molar-refractivity contribution is 5.65. The quantitative estimate of drug-likeness (QED) is 0.600. The van der Waals surface area contributed by atoms with Gasteiger partial charge in [0, 0.05) is 6.54 Å². The number of carbonyl (C=O) groups is 1. The molecule has 76 valence electrons. The largest absolute Gasteiger partial charge is 0.465 e. The summed E-state index contributed by atoms with van der Waals surface area (Å²) in [5, 5.41) is 12.2. The lowest BCUT2D eigenvalue weighted by molar-refractivity contribution is 0.0470. The van der Waals surface area contributed by atoms with Gasteiger partial charge in [-0.25, -0.2) is 4.79 Å². The number of amides is 1. The predicted molar refractivity (Wildman–Crippen MR) is 50.6 cm³/mol. The first kappa shape index (κ1) is 10.3. The number of nitrogens with zero attached hydrogens (tertiary/aromatic N) is 1. The van der Waals surface area contributed by atoms with Crippen LogP contribution in [0, 0.1) is 5.41 Å². The average molecular weight is 186 g/mol. The number of hydrogen-bond acceptors (Lipinski definition) is 2. The standard InChI is InChI=1S/C9H18N2O2/c1-9(2,3)7-10-5-4-6-11(7)8(12)13/h7,10H,4-6H2,1-3H3,(H,12,13). The summed E-state index contributed by atoms with van der Waals surface area (Å²) in [5.41, 5.74) is -0.0428. The van der Waals surface area contributed by atoms with Gasteiger partial charge in [-0.05, 0) is 18.4 Å². The van der Waals surface area contributed by atoms with Crippen molar-refractivity contribution in [2.45, 2.75) is 33.4 Å². The van der Waals surface area contributed by atoms with E-state index in [9.17, 15) is 4.79 Å². The van der Waals surface area contributed by atoms with Gasteiger partial charge in [-0.15, -0.1) is 0 Å². The maximum atomic E-state index is 10.9. The van der Waals surface area contributed by atoms with E-state index in [-0.39, 0.29) is 11.6 Å². The van der Waals surface area contributed by atoms with Gasteiger partial charge in [0.2, 0.25) is 0 Å². The molecule has 0 radical (unpaired) electrons. The molecule has 1 rings (SSSR count). The summed E-state index contributed by atoms with van der Waals surface area (Å²) in [6, 6.07) is 0. The summed E-state index contributed by atoms with van der Waals surface area (Å²) in [6.45, 7) is 7.69. The molecule has 1 aliphatic heterocycles. The highest BCUT2D eigenvalue weighted by Crippen LogP contribution is 2.24. The summed E-state index contributed by atoms with van der Waals surface area (Å²) < 4.78 is 0. The molecule has 0 bridgehead atoms. The lowest BCUT2D eigenvalue weighted by Gasteiger charge is -2.42. The Morgan fingerprint density at radius 3 is 2.54 bits per heavy atom. The Kier molecular flexibility index (Phi) is 2.81. The van der Waals surface area contributed by atoms with E-state index in [4.69, 9.17) is 5.11 Å². The second kappa shape index (κ2) is 3.54. The monoisotopic (exact) mass is 186 g/mol. The zero-order valence-electron chi connectivity index (χ0n) is 8.50. The molecule has 1 heterocycles. The number of carboxylic acid groups (broad SMARTS) is 1. The van der Waals surface area contributed by atoms with E-state index >= 15 is 0 Å². The lowest BCUT2D eigenvalue weighted by Crippen LogP contribution is -2.59. The molecule has 1 unspecified atom stereocenters. The third kappa shape index (κ3) is 2.34. The highest BCUT2D eigenvalue weighted by Gasteiger charge is 2.34. The Bertz CT molecular complexity index is 198. The SMILES string of the molecule is CC(C)(C)C1NCCCN1C(=O)O. The molecule has 0 aliphatic carbocycles. The topological polar surface area (TPSA) is 52.6 Å². The first-order chi connectivity index (χ1) is 5.93. The van der Waals surface area contributed by atoms with Crippen LogP contribution in [0.25, 0.3) is 0 Å². The van der Waals surface area contributed by atoms with Gasteiger partial charge in [-0.1, -0.05) is 20.8 Å². The van der Waals surface area contributed by atoms with Crippen molar-refractivity contribution in [2.24, 2.45) is 5.41 Å². The van der Waals surface area contributed by atoms with Crippen LogP contribution in [0.5, 0.6) is 0 Å². The first-order valence-electron chi connectivity index (χ1n) is 4.66. The second-order valence-electron chi connectivity index (χ2n) is 4.55. The number of hydrogen-bond donors (Lipinski definition) is 2. The van der Waals surface area contributed by atoms with E-state index < -0.39 is 6.09 Å². The smallest absolute Gasteiger partial charge is 0.408 e. The molecule has 1 atom stereocenters. The van der Waals surface area contributed by atoms with Gasteiger partial charge in [0.05, 0.1) is 6.17 Å². The fraction of sp³-hybridized carbons (Fsp3) is 0.889. The Morgan fingerprint density at radius 1 is 1.54 bits per heavy atom. The van der Waals surface area contributed by atoms with Crippen LogP contribution in [0.15, 0.2) is 0 Å². The van der Waals surface area contributed by atoms with Crippen LogP contribution in [-0.2, 0) is 0 Å². The van der Waals surface area contributed by atoms with Gasteiger partial charge in [-0.2, -0.15) is 0 Å². The van der Waals surface area contributed by atoms with Crippen molar-refractivity contribution in [1.82, 2.24) is 10.2 Å². The molecule has 0 aromatic carbocycles. The van der Waals surface area contributed by atoms with Crippen molar-refractivity contribution in [3.63, 3.8) is 0 Å². The normalized spacial score (nSPS) is 24.5. The molecule has 1 saturated heterocycles. The highest BCUT2D eigenvalue weighted by atomic mass is 16.4. The zero-order valence-corrected chi connectivity index (χ0v) is 8.50. The molecule has 0 saturated carbocycles. The number of rotatable bonds is 0. The second-order valence-corrected chi connectivity index (χ2v) is 4.55. The van der Waals surface area contributed by atoms with Crippen LogP contribution < -0.4 is 5.32 Å². The lowest BCUT2D eigenvalue weighted by atomic mass is 9.90. The molecule has 4 heteroatoms. The Labute approximate surface area is 78.9 Å². The van der Waals surface area contributed by atoms with Crippen LogP contribution in [-0.4, -0.2) is 35.4 Å². The third-order valence-corrected chi connectivity index (χ3v) is 2.29. The van der Waals surface area contributed by atoms with E-state index in [1.54, 1.807) is 0 Å². The Hall–Kier alpha value is -0.770. The zero-order chi connectivity index (χ0) is 10.1. The van der Waals surface area contributed by atoms with Crippen molar-refractivity contribution in [2.75, 3.05) is 13.1 Å². The van der Waals surface area contributed by atoms with Crippen molar-refractivity contribution in [3.05, 3.63) is 0 Å². The molecule has 1 aliphatic rings. The van der Waals surface area contributed by atoms with E-state index in [1.807, 2.05) is 20.8 Å². The molecule has 4 nitrogen and oxygen atoms in total. The van der Waals surface area contributed by atoms with Crippen molar-refractivity contribution in [1.29, 1.82) is 0 Å². The van der Waals surface area contributed by atoms with E-state index in [0.717, 1.165) is 13.0 Å². The van der Waals surface area contributed by atoms with Crippen LogP contribution in [0.3, 0.4) is 0 Å². The summed E-state index contributed by atoms with van der Waals surface area (Å²) >= 11 is 0. The maximum Gasteiger partial charge on any atom is 0.408 e. The Balaban J connectivity index is 2.73. The summed E-state index contributed by atoms with van der Waals surface area (Å²) in [4.78, 5) is 12.4. The van der Waals surface area contributed by atoms with Crippen LogP contribution >= 0.6 is 0 Å². The predicted octanol–water partition coefficient (Wildman–Crippen LogP) is 1.33. The summed E-state index contributed by atoms with van der Waals surface area (Å²) in [7, 11) is 0. The van der Waals surface area contributed by atoms with E-state index in [0.29, 0.717) is 6.54 Å². The maximum absolute atomic E-state index is 10.9. The molecule has 13 heavy (non-hydrogen) atoms. The van der Waals surface area contributed by atoms with Crippen LogP contribution in [0.2, 0.25) is 0 Å². The van der Waals surface area contributed by atoms with Crippen molar-refractivity contribution < 1.29 is 9.90 Å². The Morgan fingerprint density at radius 2 is 2.15 bits per heavy atom. The van der Waals surface area contributed by atoms with Crippen LogP contribution in [0.1, 0.15) is 27.2 Å². The van der Waals surface area contributed by atoms with Crippen molar-refractivity contribution >= 4 is 6.09 Å². The fourth-order valence-corrected chi connectivity index (χ4v) is 1.71. The minimum absolute atomic E-state index is 0.0428. The summed E-state index contributed by atoms with van der Waals surface area (Å²) in [6.07, 6.45) is 0.0182. The minimum atomic E-state index is -0.827. The van der Waals surface area contributed by atoms with Gasteiger partial charge in [0.1, 0.15) is 0 Å². The minimum Gasteiger partial charge on any atom is -0.465 e. The third-order valence-electron chi connectivity index (χ3n) is 2.29. The average Bonchev–Trinajstić information content (AvgIpc) is 2.03. The molecule has 0 spiro atoms. The molecule has 2 N–H and O–H groups in total. The fourth-order valence-electron chi connectivity index (χ4n) is 1.71. The van der Waals surface area contributed by atoms with E-state index in [1.165, 1.54) is 4.90 Å². The molecule has 1 amide bonds. The van der Waals surface area contributed by atoms with Crippen molar-refractivity contribution in [3.8, 4) is 0 Å². The summed E-state index contributed by atoms with van der Waals surface area (Å²) in [5.74, 6) is 0. The molecule has 1 fully saturated rings. The molecular formula is C9H18N2O2. The molecule has 0 aromatic rings. The van der Waals surface area contributed by atoms with Gasteiger partial charge in [0.25, 0.3) is 0 Å². The van der Waals surface area contributed by atoms with Gasteiger partial charge < -0.3 is 5.11 Å². The van der Waals surface area contributed by atoms with Crippen LogP contribution in [0.4, 0.5) is 4.79 Å². The van der Waals surface area contributed by atoms with E-state index in [2.05, 4.69) is 5.32 Å². The first-order valence-corrected chi connectivity index (χ1v) is 4.66. The molecular weight excluding hydrogens is 168 g/mol. The number of nitrogens with one attached hydrogen (secondary N) is 1.